The van der Waals surface area contributed by atoms with Gasteiger partial charge in [-0.3, -0.25) is 0 Å². The number of benzene rings is 1. The van der Waals surface area contributed by atoms with Gasteiger partial charge in [0.1, 0.15) is 0 Å². The average Bonchev–Trinajstić information content (AvgIpc) is 2.30. The summed E-state index contributed by atoms with van der Waals surface area (Å²) in [6.45, 7) is 7.80. The van der Waals surface area contributed by atoms with Crippen molar-refractivity contribution in [2.24, 2.45) is 11.7 Å². The minimum Gasteiger partial charge on any atom is -0.323 e. The number of hydrogen-bond acceptors (Lipinski definition) is 2. The molecule has 0 amide bonds. The summed E-state index contributed by atoms with van der Waals surface area (Å²) in [5.74, 6) is 0.678. The summed E-state index contributed by atoms with van der Waals surface area (Å²) in [4.78, 5) is 2.39. The summed E-state index contributed by atoms with van der Waals surface area (Å²) in [6.07, 6.45) is 1.08. The van der Waals surface area contributed by atoms with Gasteiger partial charge < -0.3 is 10.6 Å². The van der Waals surface area contributed by atoms with Crippen LogP contribution in [0.5, 0.6) is 0 Å². The van der Waals surface area contributed by atoms with Crippen molar-refractivity contribution in [3.05, 3.63) is 35.9 Å². The van der Waals surface area contributed by atoms with E-state index in [1.165, 1.54) is 5.56 Å². The molecule has 96 valence electrons. The van der Waals surface area contributed by atoms with Crippen molar-refractivity contribution >= 4 is 0 Å². The van der Waals surface area contributed by atoms with E-state index in [4.69, 9.17) is 5.73 Å². The van der Waals surface area contributed by atoms with Crippen LogP contribution in [-0.2, 0) is 0 Å². The zero-order valence-electron chi connectivity index (χ0n) is 11.6. The van der Waals surface area contributed by atoms with Crippen LogP contribution in [0.3, 0.4) is 0 Å². The molecule has 2 N–H and O–H groups in total. The topological polar surface area (TPSA) is 29.3 Å². The van der Waals surface area contributed by atoms with E-state index in [2.05, 4.69) is 57.0 Å². The van der Waals surface area contributed by atoms with Crippen LogP contribution >= 0.6 is 0 Å². The highest BCUT2D eigenvalue weighted by molar-refractivity contribution is 5.20. The van der Waals surface area contributed by atoms with Crippen LogP contribution in [0.25, 0.3) is 0 Å². The van der Waals surface area contributed by atoms with E-state index in [1.54, 1.807) is 0 Å². The fourth-order valence-electron chi connectivity index (χ4n) is 2.45. The molecule has 0 fully saturated rings. The number of rotatable bonds is 6. The van der Waals surface area contributed by atoms with E-state index in [0.717, 1.165) is 13.0 Å². The quantitative estimate of drug-likeness (QED) is 0.819. The number of hydrogen-bond donors (Lipinski definition) is 1. The summed E-state index contributed by atoms with van der Waals surface area (Å²) in [6, 6.07) is 10.9. The van der Waals surface area contributed by atoms with E-state index in [9.17, 15) is 0 Å². The van der Waals surface area contributed by atoms with Gasteiger partial charge in [-0.25, -0.2) is 0 Å². The van der Waals surface area contributed by atoms with E-state index in [-0.39, 0.29) is 6.04 Å². The summed E-state index contributed by atoms with van der Waals surface area (Å²) in [7, 11) is 2.18. The molecule has 1 aromatic carbocycles. The van der Waals surface area contributed by atoms with Gasteiger partial charge in [0.25, 0.3) is 0 Å². The first kappa shape index (κ1) is 14.2. The third-order valence-electron chi connectivity index (χ3n) is 3.24. The van der Waals surface area contributed by atoms with Gasteiger partial charge in [-0.2, -0.15) is 0 Å². The highest BCUT2D eigenvalue weighted by Gasteiger charge is 2.22. The zero-order chi connectivity index (χ0) is 12.8. The third kappa shape index (κ3) is 4.14. The Morgan fingerprint density at radius 1 is 1.18 bits per heavy atom. The Morgan fingerprint density at radius 3 is 2.24 bits per heavy atom. The van der Waals surface area contributed by atoms with Crippen molar-refractivity contribution in [3.8, 4) is 0 Å². The van der Waals surface area contributed by atoms with Crippen molar-refractivity contribution in [3.63, 3.8) is 0 Å². The highest BCUT2D eigenvalue weighted by Crippen LogP contribution is 2.20. The maximum absolute atomic E-state index is 6.38. The van der Waals surface area contributed by atoms with Crippen LogP contribution in [0.4, 0.5) is 0 Å². The second-order valence-corrected chi connectivity index (χ2v) is 5.25. The van der Waals surface area contributed by atoms with E-state index >= 15 is 0 Å². The van der Waals surface area contributed by atoms with Crippen LogP contribution in [0.2, 0.25) is 0 Å². The zero-order valence-corrected chi connectivity index (χ0v) is 11.6. The van der Waals surface area contributed by atoms with Crippen molar-refractivity contribution in [1.29, 1.82) is 0 Å². The summed E-state index contributed by atoms with van der Waals surface area (Å²) in [5.41, 5.74) is 7.62. The molecule has 0 aromatic heterocycles. The molecule has 17 heavy (non-hydrogen) atoms. The van der Waals surface area contributed by atoms with Gasteiger partial charge in [0.15, 0.2) is 0 Å². The molecular formula is C15H26N2. The lowest BCUT2D eigenvalue weighted by Crippen LogP contribution is -2.41. The van der Waals surface area contributed by atoms with Crippen molar-refractivity contribution < 1.29 is 0 Å². The van der Waals surface area contributed by atoms with Crippen LogP contribution < -0.4 is 5.73 Å². The minimum atomic E-state index is 0.102. The molecule has 0 aliphatic carbocycles. The lowest BCUT2D eigenvalue weighted by atomic mass is 9.96. The van der Waals surface area contributed by atoms with Gasteiger partial charge in [0.05, 0.1) is 0 Å². The molecular weight excluding hydrogens is 208 g/mol. The van der Waals surface area contributed by atoms with Crippen molar-refractivity contribution in [2.75, 3.05) is 13.6 Å². The molecule has 0 saturated heterocycles. The number of likely N-dealkylation sites (N-methyl/N-ethyl adjacent to an activating group) is 1. The predicted octanol–water partition coefficient (Wildman–Crippen LogP) is 3.05. The summed E-state index contributed by atoms with van der Waals surface area (Å²) in [5, 5.41) is 0. The smallest absolute Gasteiger partial charge is 0.0452 e. The lowest BCUT2D eigenvalue weighted by molar-refractivity contribution is 0.185. The third-order valence-corrected chi connectivity index (χ3v) is 3.24. The molecule has 2 atom stereocenters. The Labute approximate surface area is 106 Å². The van der Waals surface area contributed by atoms with Crippen molar-refractivity contribution in [2.45, 2.75) is 39.3 Å². The molecule has 0 aliphatic heterocycles. The standard InChI is InChI=1S/C15H26N2/c1-5-14(17(4)11-12(2)3)15(16)13-9-7-6-8-10-13/h6-10,12,14-15H,5,11,16H2,1-4H3. The Morgan fingerprint density at radius 2 is 1.76 bits per heavy atom. The Kier molecular flexibility index (Phi) is 5.66. The second kappa shape index (κ2) is 6.77. The Balaban J connectivity index is 2.73. The largest absolute Gasteiger partial charge is 0.323 e. The maximum Gasteiger partial charge on any atom is 0.0452 e. The van der Waals surface area contributed by atoms with Crippen LogP contribution in [0.15, 0.2) is 30.3 Å². The van der Waals surface area contributed by atoms with Crippen molar-refractivity contribution in [1.82, 2.24) is 4.90 Å². The van der Waals surface area contributed by atoms with E-state index in [0.29, 0.717) is 12.0 Å². The van der Waals surface area contributed by atoms with E-state index < -0.39 is 0 Å². The van der Waals surface area contributed by atoms with E-state index in [1.807, 2.05) is 6.07 Å². The fourth-order valence-corrected chi connectivity index (χ4v) is 2.45. The van der Waals surface area contributed by atoms with Crippen LogP contribution in [0, 0.1) is 5.92 Å². The summed E-state index contributed by atoms with van der Waals surface area (Å²) >= 11 is 0. The van der Waals surface area contributed by atoms with Crippen LogP contribution in [0.1, 0.15) is 38.8 Å². The highest BCUT2D eigenvalue weighted by atomic mass is 15.1. The number of nitrogens with zero attached hydrogens (tertiary/aromatic N) is 1. The van der Waals surface area contributed by atoms with Gasteiger partial charge >= 0.3 is 0 Å². The molecule has 0 aliphatic rings. The first-order valence-electron chi connectivity index (χ1n) is 6.57. The lowest BCUT2D eigenvalue weighted by Gasteiger charge is -2.33. The molecule has 2 heteroatoms. The monoisotopic (exact) mass is 234 g/mol. The molecule has 2 nitrogen and oxygen atoms in total. The maximum atomic E-state index is 6.38. The predicted molar refractivity (Wildman–Crippen MR) is 74.9 cm³/mol. The molecule has 1 rings (SSSR count). The molecule has 0 spiro atoms. The fraction of sp³-hybridized carbons (Fsp3) is 0.600. The van der Waals surface area contributed by atoms with Gasteiger partial charge in [0, 0.05) is 18.6 Å². The van der Waals surface area contributed by atoms with Crippen LogP contribution in [-0.4, -0.2) is 24.5 Å². The average molecular weight is 234 g/mol. The van der Waals surface area contributed by atoms with Gasteiger partial charge in [-0.15, -0.1) is 0 Å². The molecule has 1 aromatic rings. The Bertz CT molecular complexity index is 308. The Hall–Kier alpha value is -0.860. The van der Waals surface area contributed by atoms with Gasteiger partial charge in [-0.05, 0) is 24.9 Å². The molecule has 0 radical (unpaired) electrons. The molecule has 0 bridgehead atoms. The molecule has 2 unspecified atom stereocenters. The van der Waals surface area contributed by atoms with Gasteiger partial charge in [0.2, 0.25) is 0 Å². The SMILES string of the molecule is CCC(C(N)c1ccccc1)N(C)CC(C)C. The minimum absolute atomic E-state index is 0.102. The second-order valence-electron chi connectivity index (χ2n) is 5.25. The molecule has 0 heterocycles. The first-order chi connectivity index (χ1) is 8.06. The number of nitrogens with two attached hydrogens (primary N) is 1. The first-order valence-corrected chi connectivity index (χ1v) is 6.57. The molecule has 0 saturated carbocycles. The van der Waals surface area contributed by atoms with Gasteiger partial charge in [-0.1, -0.05) is 51.1 Å². The summed E-state index contributed by atoms with van der Waals surface area (Å²) < 4.78 is 0. The normalized spacial score (nSPS) is 15.2.